The molecular weight excluding hydrogens is 184 g/mol. The molecule has 0 aromatic rings. The van der Waals surface area contributed by atoms with Gasteiger partial charge in [-0.05, 0) is 58.3 Å². The first kappa shape index (κ1) is 12.7. The SMILES string of the molecule is C=C(CC)CNCCC1CCN(C)CC1. The predicted octanol–water partition coefficient (Wildman–Crippen LogP) is 2.27. The zero-order valence-corrected chi connectivity index (χ0v) is 10.4. The first-order valence-electron chi connectivity index (χ1n) is 6.28. The van der Waals surface area contributed by atoms with Crippen molar-refractivity contribution in [1.29, 1.82) is 0 Å². The highest BCUT2D eigenvalue weighted by Crippen LogP contribution is 2.18. The van der Waals surface area contributed by atoms with Gasteiger partial charge in [-0.25, -0.2) is 0 Å². The molecule has 0 radical (unpaired) electrons. The molecule has 0 aliphatic carbocycles. The summed E-state index contributed by atoms with van der Waals surface area (Å²) in [6.45, 7) is 10.9. The Hall–Kier alpha value is -0.340. The molecule has 2 heteroatoms. The Morgan fingerprint density at radius 3 is 2.67 bits per heavy atom. The number of hydrogen-bond donors (Lipinski definition) is 1. The molecule has 0 bridgehead atoms. The van der Waals surface area contributed by atoms with Gasteiger partial charge < -0.3 is 10.2 Å². The lowest BCUT2D eigenvalue weighted by Crippen LogP contribution is -2.31. The second-order valence-corrected chi connectivity index (χ2v) is 4.82. The molecule has 1 aliphatic rings. The van der Waals surface area contributed by atoms with Crippen molar-refractivity contribution in [2.24, 2.45) is 5.92 Å². The number of piperidine rings is 1. The molecule has 1 N–H and O–H groups in total. The van der Waals surface area contributed by atoms with E-state index in [0.717, 1.165) is 25.4 Å². The van der Waals surface area contributed by atoms with E-state index in [1.165, 1.54) is 37.9 Å². The largest absolute Gasteiger partial charge is 0.313 e. The van der Waals surface area contributed by atoms with Crippen molar-refractivity contribution < 1.29 is 0 Å². The third-order valence-corrected chi connectivity index (χ3v) is 3.44. The molecule has 1 aliphatic heterocycles. The minimum atomic E-state index is 0.948. The van der Waals surface area contributed by atoms with Crippen LogP contribution in [0.5, 0.6) is 0 Å². The second kappa shape index (κ2) is 7.02. The quantitative estimate of drug-likeness (QED) is 0.534. The Morgan fingerprint density at radius 2 is 2.07 bits per heavy atom. The molecule has 88 valence electrons. The van der Waals surface area contributed by atoms with Crippen molar-refractivity contribution >= 4 is 0 Å². The number of rotatable bonds is 6. The Balaban J connectivity index is 1.98. The van der Waals surface area contributed by atoms with Gasteiger partial charge in [-0.15, -0.1) is 0 Å². The fourth-order valence-corrected chi connectivity index (χ4v) is 2.05. The van der Waals surface area contributed by atoms with E-state index < -0.39 is 0 Å². The summed E-state index contributed by atoms with van der Waals surface area (Å²) in [5.74, 6) is 0.948. The molecule has 0 spiro atoms. The Bertz CT molecular complexity index is 181. The van der Waals surface area contributed by atoms with E-state index in [0.29, 0.717) is 0 Å². The minimum absolute atomic E-state index is 0.948. The maximum atomic E-state index is 4.00. The normalized spacial score (nSPS) is 19.3. The number of nitrogens with one attached hydrogen (secondary N) is 1. The smallest absolute Gasteiger partial charge is 0.0161 e. The van der Waals surface area contributed by atoms with Crippen LogP contribution in [0.1, 0.15) is 32.6 Å². The molecule has 2 nitrogen and oxygen atoms in total. The molecule has 0 amide bonds. The first-order chi connectivity index (χ1) is 7.22. The molecule has 1 heterocycles. The Labute approximate surface area is 94.7 Å². The van der Waals surface area contributed by atoms with Crippen molar-refractivity contribution in [3.8, 4) is 0 Å². The van der Waals surface area contributed by atoms with Crippen LogP contribution in [-0.2, 0) is 0 Å². The lowest BCUT2D eigenvalue weighted by Gasteiger charge is -2.28. The fraction of sp³-hybridized carbons (Fsp3) is 0.846. The van der Waals surface area contributed by atoms with Gasteiger partial charge in [0.25, 0.3) is 0 Å². The highest BCUT2D eigenvalue weighted by atomic mass is 15.1. The maximum Gasteiger partial charge on any atom is 0.0161 e. The summed E-state index contributed by atoms with van der Waals surface area (Å²) in [4.78, 5) is 2.43. The molecule has 0 aromatic carbocycles. The fourth-order valence-electron chi connectivity index (χ4n) is 2.05. The van der Waals surface area contributed by atoms with Crippen LogP contribution >= 0.6 is 0 Å². The molecule has 0 atom stereocenters. The van der Waals surface area contributed by atoms with Crippen molar-refractivity contribution in [1.82, 2.24) is 10.2 Å². The topological polar surface area (TPSA) is 15.3 Å². The number of hydrogen-bond acceptors (Lipinski definition) is 2. The maximum absolute atomic E-state index is 4.00. The summed E-state index contributed by atoms with van der Waals surface area (Å²) < 4.78 is 0. The van der Waals surface area contributed by atoms with Crippen LogP contribution < -0.4 is 5.32 Å². The van der Waals surface area contributed by atoms with Gasteiger partial charge in [0, 0.05) is 6.54 Å². The van der Waals surface area contributed by atoms with E-state index in [4.69, 9.17) is 0 Å². The number of nitrogens with zero attached hydrogens (tertiary/aromatic N) is 1. The van der Waals surface area contributed by atoms with Crippen molar-refractivity contribution in [2.75, 3.05) is 33.2 Å². The number of likely N-dealkylation sites (tertiary alicyclic amines) is 1. The van der Waals surface area contributed by atoms with Crippen molar-refractivity contribution in [3.05, 3.63) is 12.2 Å². The molecule has 0 saturated carbocycles. The molecule has 15 heavy (non-hydrogen) atoms. The highest BCUT2D eigenvalue weighted by molar-refractivity contribution is 4.94. The Kier molecular flexibility index (Phi) is 5.96. The van der Waals surface area contributed by atoms with Gasteiger partial charge in [0.15, 0.2) is 0 Å². The summed E-state index contributed by atoms with van der Waals surface area (Å²) >= 11 is 0. The van der Waals surface area contributed by atoms with E-state index in [2.05, 4.69) is 30.8 Å². The van der Waals surface area contributed by atoms with Crippen molar-refractivity contribution in [2.45, 2.75) is 32.6 Å². The molecule has 1 fully saturated rings. The summed E-state index contributed by atoms with van der Waals surface area (Å²) in [6, 6.07) is 0. The third kappa shape index (κ3) is 5.33. The van der Waals surface area contributed by atoms with Gasteiger partial charge in [0.1, 0.15) is 0 Å². The monoisotopic (exact) mass is 210 g/mol. The zero-order valence-electron chi connectivity index (χ0n) is 10.4. The van der Waals surface area contributed by atoms with E-state index in [1.807, 2.05) is 0 Å². The van der Waals surface area contributed by atoms with Crippen LogP contribution in [0, 0.1) is 5.92 Å². The zero-order chi connectivity index (χ0) is 11.1. The second-order valence-electron chi connectivity index (χ2n) is 4.82. The highest BCUT2D eigenvalue weighted by Gasteiger charge is 2.15. The average Bonchev–Trinajstić information content (AvgIpc) is 2.26. The standard InChI is InChI=1S/C13H26N2/c1-4-12(2)11-14-8-5-13-6-9-15(3)10-7-13/h13-14H,2,4-11H2,1,3H3. The minimum Gasteiger partial charge on any atom is -0.313 e. The van der Waals surface area contributed by atoms with Gasteiger partial charge in [-0.2, -0.15) is 0 Å². The van der Waals surface area contributed by atoms with Crippen LogP contribution in [-0.4, -0.2) is 38.1 Å². The van der Waals surface area contributed by atoms with Crippen LogP contribution in [0.2, 0.25) is 0 Å². The molecular formula is C13H26N2. The summed E-state index contributed by atoms with van der Waals surface area (Å²) in [6.07, 6.45) is 5.20. The van der Waals surface area contributed by atoms with E-state index in [9.17, 15) is 0 Å². The van der Waals surface area contributed by atoms with Gasteiger partial charge in [0.05, 0.1) is 0 Å². The van der Waals surface area contributed by atoms with Crippen LogP contribution in [0.25, 0.3) is 0 Å². The van der Waals surface area contributed by atoms with Crippen LogP contribution in [0.15, 0.2) is 12.2 Å². The van der Waals surface area contributed by atoms with Gasteiger partial charge in [-0.1, -0.05) is 19.1 Å². The van der Waals surface area contributed by atoms with Gasteiger partial charge >= 0.3 is 0 Å². The average molecular weight is 210 g/mol. The lowest BCUT2D eigenvalue weighted by molar-refractivity contribution is 0.212. The molecule has 1 saturated heterocycles. The molecule has 0 unspecified atom stereocenters. The van der Waals surface area contributed by atoms with Crippen molar-refractivity contribution in [3.63, 3.8) is 0 Å². The summed E-state index contributed by atoms with van der Waals surface area (Å²) in [5, 5.41) is 3.48. The van der Waals surface area contributed by atoms with E-state index >= 15 is 0 Å². The van der Waals surface area contributed by atoms with Crippen LogP contribution in [0.3, 0.4) is 0 Å². The van der Waals surface area contributed by atoms with Gasteiger partial charge in [-0.3, -0.25) is 0 Å². The van der Waals surface area contributed by atoms with Gasteiger partial charge in [0.2, 0.25) is 0 Å². The predicted molar refractivity (Wildman–Crippen MR) is 67.1 cm³/mol. The lowest BCUT2D eigenvalue weighted by atomic mass is 9.94. The summed E-state index contributed by atoms with van der Waals surface area (Å²) in [7, 11) is 2.22. The molecule has 1 rings (SSSR count). The summed E-state index contributed by atoms with van der Waals surface area (Å²) in [5.41, 5.74) is 1.32. The Morgan fingerprint density at radius 1 is 1.40 bits per heavy atom. The molecule has 0 aromatic heterocycles. The van der Waals surface area contributed by atoms with Crippen LogP contribution in [0.4, 0.5) is 0 Å². The van der Waals surface area contributed by atoms with E-state index in [-0.39, 0.29) is 0 Å². The van der Waals surface area contributed by atoms with E-state index in [1.54, 1.807) is 0 Å². The first-order valence-corrected chi connectivity index (χ1v) is 6.28. The third-order valence-electron chi connectivity index (χ3n) is 3.44.